The van der Waals surface area contributed by atoms with E-state index in [0.29, 0.717) is 6.29 Å². The Hall–Kier alpha value is -1.64. The van der Waals surface area contributed by atoms with Gasteiger partial charge in [-0.25, -0.2) is 4.79 Å². The number of carbonyl (C=O) groups is 2. The van der Waals surface area contributed by atoms with E-state index >= 15 is 0 Å². The van der Waals surface area contributed by atoms with Gasteiger partial charge in [-0.1, -0.05) is 19.2 Å². The monoisotopic (exact) mass is 166 g/mol. The molecule has 0 aliphatic rings. The van der Waals surface area contributed by atoms with Crippen LogP contribution in [0.15, 0.2) is 36.5 Å². The molecule has 0 N–H and O–H groups in total. The largest absolute Gasteiger partial charge is 0.465 e. The number of carbonyl (C=O) groups excluding carboxylic acids is 2. The molecular formula is C9H10O3. The Morgan fingerprint density at radius 2 is 2.08 bits per heavy atom. The number of hydrogen-bond acceptors (Lipinski definition) is 3. The molecule has 0 aromatic carbocycles. The molecule has 0 aromatic rings. The number of rotatable bonds is 4. The van der Waals surface area contributed by atoms with Crippen molar-refractivity contribution >= 4 is 12.3 Å². The Morgan fingerprint density at radius 1 is 1.50 bits per heavy atom. The molecule has 0 fully saturated rings. The van der Waals surface area contributed by atoms with Crippen LogP contribution in [0.1, 0.15) is 0 Å². The maximum atomic E-state index is 10.9. The summed E-state index contributed by atoms with van der Waals surface area (Å²) in [5, 5.41) is 0. The molecule has 0 amide bonds. The molecule has 0 bridgehead atoms. The highest BCUT2D eigenvalue weighted by molar-refractivity contribution is 5.93. The Kier molecular flexibility index (Phi) is 4.38. The van der Waals surface area contributed by atoms with Crippen LogP contribution in [0.5, 0.6) is 0 Å². The molecule has 0 aliphatic heterocycles. The molecule has 0 saturated heterocycles. The van der Waals surface area contributed by atoms with Crippen molar-refractivity contribution in [2.45, 2.75) is 0 Å². The van der Waals surface area contributed by atoms with Crippen LogP contribution in [0, 0.1) is 0 Å². The maximum absolute atomic E-state index is 10.9. The van der Waals surface area contributed by atoms with Gasteiger partial charge < -0.3 is 4.74 Å². The first-order valence-corrected chi connectivity index (χ1v) is 3.22. The third kappa shape index (κ3) is 2.96. The summed E-state index contributed by atoms with van der Waals surface area (Å²) in [7, 11) is 1.25. The molecule has 0 radical (unpaired) electrons. The summed E-state index contributed by atoms with van der Waals surface area (Å²) in [4.78, 5) is 21.0. The highest BCUT2D eigenvalue weighted by atomic mass is 16.5. The summed E-state index contributed by atoms with van der Waals surface area (Å²) in [5.74, 6) is -0.534. The van der Waals surface area contributed by atoms with Gasteiger partial charge in [0.15, 0.2) is 0 Å². The first kappa shape index (κ1) is 10.4. The summed E-state index contributed by atoms with van der Waals surface area (Å²) in [5.41, 5.74) is 0.421. The number of esters is 1. The van der Waals surface area contributed by atoms with Gasteiger partial charge >= 0.3 is 5.97 Å². The summed E-state index contributed by atoms with van der Waals surface area (Å²) in [6, 6.07) is 0. The van der Waals surface area contributed by atoms with Gasteiger partial charge in [-0.05, 0) is 6.08 Å². The van der Waals surface area contributed by atoms with Crippen molar-refractivity contribution in [1.82, 2.24) is 0 Å². The Morgan fingerprint density at radius 3 is 2.42 bits per heavy atom. The van der Waals surface area contributed by atoms with E-state index in [1.165, 1.54) is 19.3 Å². The van der Waals surface area contributed by atoms with Crippen LogP contribution in [0.25, 0.3) is 0 Å². The SMILES string of the molecule is C=C/C(=C\C(=C)C=O)C(=O)OC. The van der Waals surface area contributed by atoms with Crippen molar-refractivity contribution < 1.29 is 14.3 Å². The maximum Gasteiger partial charge on any atom is 0.337 e. The van der Waals surface area contributed by atoms with E-state index in [2.05, 4.69) is 17.9 Å². The van der Waals surface area contributed by atoms with E-state index in [9.17, 15) is 9.59 Å². The Bertz CT molecular complexity index is 248. The lowest BCUT2D eigenvalue weighted by Gasteiger charge is -1.97. The summed E-state index contributed by atoms with van der Waals surface area (Å²) < 4.78 is 4.41. The van der Waals surface area contributed by atoms with E-state index in [1.54, 1.807) is 0 Å². The molecule has 0 unspecified atom stereocenters. The fourth-order valence-electron chi connectivity index (χ4n) is 0.553. The standard InChI is InChI=1S/C9H10O3/c1-4-8(9(11)12-3)5-7(2)6-10/h4-6H,1-2H2,3H3/b8-5+. The van der Waals surface area contributed by atoms with E-state index in [4.69, 9.17) is 0 Å². The van der Waals surface area contributed by atoms with Gasteiger partial charge in [0.2, 0.25) is 0 Å². The van der Waals surface area contributed by atoms with Crippen LogP contribution in [-0.4, -0.2) is 19.4 Å². The molecule has 0 spiro atoms. The lowest BCUT2D eigenvalue weighted by atomic mass is 10.2. The number of ether oxygens (including phenoxy) is 1. The zero-order valence-corrected chi connectivity index (χ0v) is 6.87. The molecule has 0 heterocycles. The fourth-order valence-corrected chi connectivity index (χ4v) is 0.553. The molecule has 0 atom stereocenters. The van der Waals surface area contributed by atoms with Gasteiger partial charge in [-0.3, -0.25) is 4.79 Å². The van der Waals surface area contributed by atoms with Crippen LogP contribution in [0.3, 0.4) is 0 Å². The molecule has 3 nitrogen and oxygen atoms in total. The van der Waals surface area contributed by atoms with E-state index in [0.717, 1.165) is 0 Å². The summed E-state index contributed by atoms with van der Waals surface area (Å²) >= 11 is 0. The van der Waals surface area contributed by atoms with Gasteiger partial charge in [0, 0.05) is 5.57 Å². The minimum atomic E-state index is -0.534. The predicted molar refractivity (Wildman–Crippen MR) is 45.5 cm³/mol. The molecule has 64 valence electrons. The second-order valence-corrected chi connectivity index (χ2v) is 1.99. The number of aldehydes is 1. The first-order chi connectivity index (χ1) is 5.65. The zero-order valence-electron chi connectivity index (χ0n) is 6.87. The normalized spacial score (nSPS) is 10.2. The van der Waals surface area contributed by atoms with Crippen molar-refractivity contribution in [3.8, 4) is 0 Å². The summed E-state index contributed by atoms with van der Waals surface area (Å²) in [6.45, 7) is 6.77. The predicted octanol–water partition coefficient (Wildman–Crippen LogP) is 1.03. The lowest BCUT2D eigenvalue weighted by molar-refractivity contribution is -0.135. The Balaban J connectivity index is 4.65. The summed E-state index contributed by atoms with van der Waals surface area (Å²) in [6.07, 6.45) is 3.17. The minimum absolute atomic E-state index is 0.204. The van der Waals surface area contributed by atoms with Crippen LogP contribution in [0.4, 0.5) is 0 Å². The molecular weight excluding hydrogens is 156 g/mol. The van der Waals surface area contributed by atoms with Gasteiger partial charge in [0.1, 0.15) is 6.29 Å². The molecule has 0 rings (SSSR count). The highest BCUT2D eigenvalue weighted by Gasteiger charge is 2.04. The first-order valence-electron chi connectivity index (χ1n) is 3.22. The van der Waals surface area contributed by atoms with Crippen LogP contribution >= 0.6 is 0 Å². The molecule has 3 heteroatoms. The Labute approximate surface area is 71.0 Å². The third-order valence-electron chi connectivity index (χ3n) is 1.13. The molecule has 0 aliphatic carbocycles. The number of allylic oxidation sites excluding steroid dienone is 2. The van der Waals surface area contributed by atoms with E-state index < -0.39 is 5.97 Å². The van der Waals surface area contributed by atoms with Gasteiger partial charge in [-0.2, -0.15) is 0 Å². The average Bonchev–Trinajstić information content (AvgIpc) is 2.12. The molecule has 0 aromatic heterocycles. The van der Waals surface area contributed by atoms with Crippen LogP contribution in [0.2, 0.25) is 0 Å². The number of methoxy groups -OCH3 is 1. The topological polar surface area (TPSA) is 43.4 Å². The van der Waals surface area contributed by atoms with Crippen LogP contribution < -0.4 is 0 Å². The smallest absolute Gasteiger partial charge is 0.337 e. The zero-order chi connectivity index (χ0) is 9.56. The number of hydrogen-bond donors (Lipinski definition) is 0. The van der Waals surface area contributed by atoms with Gasteiger partial charge in [0.25, 0.3) is 0 Å². The van der Waals surface area contributed by atoms with Crippen molar-refractivity contribution in [2.75, 3.05) is 7.11 Å². The molecule has 12 heavy (non-hydrogen) atoms. The molecule has 0 saturated carbocycles. The van der Waals surface area contributed by atoms with E-state index in [-0.39, 0.29) is 11.1 Å². The van der Waals surface area contributed by atoms with Gasteiger partial charge in [-0.15, -0.1) is 0 Å². The van der Waals surface area contributed by atoms with Crippen molar-refractivity contribution in [1.29, 1.82) is 0 Å². The van der Waals surface area contributed by atoms with Crippen LogP contribution in [-0.2, 0) is 14.3 Å². The van der Waals surface area contributed by atoms with Crippen molar-refractivity contribution in [3.63, 3.8) is 0 Å². The minimum Gasteiger partial charge on any atom is -0.465 e. The lowest BCUT2D eigenvalue weighted by Crippen LogP contribution is -2.02. The second-order valence-electron chi connectivity index (χ2n) is 1.99. The second kappa shape index (κ2) is 5.07. The van der Waals surface area contributed by atoms with Crippen molar-refractivity contribution in [2.24, 2.45) is 0 Å². The average molecular weight is 166 g/mol. The highest BCUT2D eigenvalue weighted by Crippen LogP contribution is 2.02. The fraction of sp³-hybridized carbons (Fsp3) is 0.111. The van der Waals surface area contributed by atoms with Gasteiger partial charge in [0.05, 0.1) is 12.7 Å². The third-order valence-corrected chi connectivity index (χ3v) is 1.13. The van der Waals surface area contributed by atoms with E-state index in [1.807, 2.05) is 0 Å². The van der Waals surface area contributed by atoms with Crippen molar-refractivity contribution in [3.05, 3.63) is 36.5 Å². The quantitative estimate of drug-likeness (QED) is 0.271.